The number of nitrogens with one attached hydrogen (secondary N) is 1. The topological polar surface area (TPSA) is 55.1 Å². The monoisotopic (exact) mass is 368 g/mol. The molecule has 4 rings (SSSR count). The Morgan fingerprint density at radius 3 is 2.29 bits per heavy atom. The molecule has 0 aliphatic carbocycles. The minimum absolute atomic E-state index is 0.105. The van der Waals surface area contributed by atoms with Crippen LogP contribution in [0, 0.1) is 0 Å². The number of hydrogen-bond donors (Lipinski definition) is 1. The van der Waals surface area contributed by atoms with E-state index in [4.69, 9.17) is 4.42 Å². The summed E-state index contributed by atoms with van der Waals surface area (Å²) in [6.07, 6.45) is 1.69. The lowest BCUT2D eigenvalue weighted by atomic mass is 10.0. The van der Waals surface area contributed by atoms with Crippen molar-refractivity contribution in [2.45, 2.75) is 13.0 Å². The Balaban J connectivity index is 1.61. The highest BCUT2D eigenvalue weighted by atomic mass is 16.4. The summed E-state index contributed by atoms with van der Waals surface area (Å²) < 4.78 is 5.95. The smallest absolute Gasteiger partial charge is 0.252 e. The molecule has 0 saturated heterocycles. The third kappa shape index (κ3) is 3.71. The van der Waals surface area contributed by atoms with E-state index in [1.165, 1.54) is 0 Å². The molecule has 0 radical (unpaired) electrons. The first-order chi connectivity index (χ1) is 13.7. The molecule has 4 aromatic rings. The number of oxazole rings is 1. The molecule has 0 spiro atoms. The minimum atomic E-state index is -0.161. The van der Waals surface area contributed by atoms with Crippen molar-refractivity contribution >= 4 is 5.91 Å². The lowest BCUT2D eigenvalue weighted by Crippen LogP contribution is -2.27. The first kappa shape index (κ1) is 17.7. The van der Waals surface area contributed by atoms with Gasteiger partial charge in [0.25, 0.3) is 5.91 Å². The van der Waals surface area contributed by atoms with E-state index in [1.807, 2.05) is 85.8 Å². The van der Waals surface area contributed by atoms with Crippen molar-refractivity contribution in [3.05, 3.63) is 102 Å². The van der Waals surface area contributed by atoms with Crippen LogP contribution < -0.4 is 5.32 Å². The van der Waals surface area contributed by atoms with Gasteiger partial charge in [-0.2, -0.15) is 0 Å². The first-order valence-electron chi connectivity index (χ1n) is 9.19. The fourth-order valence-corrected chi connectivity index (χ4v) is 3.10. The molecule has 4 nitrogen and oxygen atoms in total. The maximum Gasteiger partial charge on any atom is 0.252 e. The van der Waals surface area contributed by atoms with Crippen LogP contribution in [0.5, 0.6) is 0 Å². The number of nitrogens with zero attached hydrogens (tertiary/aromatic N) is 1. The van der Waals surface area contributed by atoms with Gasteiger partial charge in [-0.05, 0) is 24.6 Å². The second kappa shape index (κ2) is 7.92. The maximum absolute atomic E-state index is 12.9. The molecule has 28 heavy (non-hydrogen) atoms. The number of carbonyl (C=O) groups excluding carboxylic acids is 1. The standard InChI is InChI=1S/C24H20N2O2/c1-17(18-10-4-2-5-11-18)26-23(27)20-14-8-9-15-21(20)24-25-16-22(28-24)19-12-6-3-7-13-19/h2-17H,1H3,(H,26,27)/t17-/m0/s1. The van der Waals surface area contributed by atoms with E-state index in [0.29, 0.717) is 22.8 Å². The minimum Gasteiger partial charge on any atom is -0.436 e. The Kier molecular flexibility index (Phi) is 5.02. The summed E-state index contributed by atoms with van der Waals surface area (Å²) >= 11 is 0. The van der Waals surface area contributed by atoms with Gasteiger partial charge in [-0.25, -0.2) is 4.98 Å². The van der Waals surface area contributed by atoms with Crippen LogP contribution in [0.1, 0.15) is 28.9 Å². The Morgan fingerprint density at radius 2 is 1.54 bits per heavy atom. The van der Waals surface area contributed by atoms with E-state index in [9.17, 15) is 4.79 Å². The van der Waals surface area contributed by atoms with Gasteiger partial charge in [-0.1, -0.05) is 72.8 Å². The number of hydrogen-bond acceptors (Lipinski definition) is 3. The molecule has 3 aromatic carbocycles. The van der Waals surface area contributed by atoms with Crippen molar-refractivity contribution in [2.24, 2.45) is 0 Å². The number of amides is 1. The van der Waals surface area contributed by atoms with Gasteiger partial charge < -0.3 is 9.73 Å². The second-order valence-corrected chi connectivity index (χ2v) is 6.55. The zero-order valence-electron chi connectivity index (χ0n) is 15.5. The molecular formula is C24H20N2O2. The molecule has 0 bridgehead atoms. The Labute approximate surface area is 163 Å². The lowest BCUT2D eigenvalue weighted by Gasteiger charge is -2.15. The molecule has 0 aliphatic rings. The number of benzene rings is 3. The summed E-state index contributed by atoms with van der Waals surface area (Å²) in [4.78, 5) is 17.3. The largest absolute Gasteiger partial charge is 0.436 e. The van der Waals surface area contributed by atoms with E-state index in [-0.39, 0.29) is 11.9 Å². The van der Waals surface area contributed by atoms with Gasteiger partial charge >= 0.3 is 0 Å². The summed E-state index contributed by atoms with van der Waals surface area (Å²) in [6.45, 7) is 1.97. The summed E-state index contributed by atoms with van der Waals surface area (Å²) in [6, 6.07) is 26.9. The lowest BCUT2D eigenvalue weighted by molar-refractivity contribution is 0.0940. The average Bonchev–Trinajstić information content (AvgIpc) is 3.25. The summed E-state index contributed by atoms with van der Waals surface area (Å²) in [5, 5.41) is 3.05. The van der Waals surface area contributed by atoms with Crippen molar-refractivity contribution in [3.63, 3.8) is 0 Å². The average molecular weight is 368 g/mol. The van der Waals surface area contributed by atoms with E-state index >= 15 is 0 Å². The fraction of sp³-hybridized carbons (Fsp3) is 0.0833. The SMILES string of the molecule is C[C@H](NC(=O)c1ccccc1-c1ncc(-c2ccccc2)o1)c1ccccc1. The van der Waals surface area contributed by atoms with Gasteiger partial charge in [0.15, 0.2) is 5.76 Å². The predicted octanol–water partition coefficient (Wildman–Crippen LogP) is 5.50. The summed E-state index contributed by atoms with van der Waals surface area (Å²) in [7, 11) is 0. The first-order valence-corrected chi connectivity index (χ1v) is 9.19. The molecule has 0 aliphatic heterocycles. The van der Waals surface area contributed by atoms with Crippen LogP contribution in [0.4, 0.5) is 0 Å². The molecule has 1 aromatic heterocycles. The molecule has 1 N–H and O–H groups in total. The molecule has 1 atom stereocenters. The van der Waals surface area contributed by atoms with Gasteiger partial charge in [0.05, 0.1) is 17.8 Å². The van der Waals surface area contributed by atoms with E-state index in [2.05, 4.69) is 10.3 Å². The van der Waals surface area contributed by atoms with Crippen LogP contribution in [0.25, 0.3) is 22.8 Å². The van der Waals surface area contributed by atoms with E-state index < -0.39 is 0 Å². The van der Waals surface area contributed by atoms with Crippen LogP contribution >= 0.6 is 0 Å². The number of aromatic nitrogens is 1. The van der Waals surface area contributed by atoms with Crippen molar-refractivity contribution in [3.8, 4) is 22.8 Å². The van der Waals surface area contributed by atoms with Crippen LogP contribution in [0.2, 0.25) is 0 Å². The van der Waals surface area contributed by atoms with Gasteiger partial charge in [0.2, 0.25) is 5.89 Å². The maximum atomic E-state index is 12.9. The number of carbonyl (C=O) groups is 1. The molecule has 4 heteroatoms. The van der Waals surface area contributed by atoms with Gasteiger partial charge in [0.1, 0.15) is 0 Å². The predicted molar refractivity (Wildman–Crippen MR) is 110 cm³/mol. The van der Waals surface area contributed by atoms with Crippen LogP contribution in [-0.2, 0) is 0 Å². The second-order valence-electron chi connectivity index (χ2n) is 6.55. The van der Waals surface area contributed by atoms with Crippen LogP contribution in [0.3, 0.4) is 0 Å². The molecule has 0 fully saturated rings. The fourth-order valence-electron chi connectivity index (χ4n) is 3.10. The highest BCUT2D eigenvalue weighted by molar-refractivity contribution is 6.00. The summed E-state index contributed by atoms with van der Waals surface area (Å²) in [5.74, 6) is 0.937. The number of rotatable bonds is 5. The van der Waals surface area contributed by atoms with Crippen molar-refractivity contribution in [1.82, 2.24) is 10.3 Å². The van der Waals surface area contributed by atoms with Crippen molar-refractivity contribution < 1.29 is 9.21 Å². The highest BCUT2D eigenvalue weighted by Gasteiger charge is 2.18. The molecule has 0 unspecified atom stereocenters. The Bertz CT molecular complexity index is 1070. The zero-order chi connectivity index (χ0) is 19.3. The van der Waals surface area contributed by atoms with E-state index in [0.717, 1.165) is 11.1 Å². The van der Waals surface area contributed by atoms with Crippen LogP contribution in [-0.4, -0.2) is 10.9 Å². The third-order valence-electron chi connectivity index (χ3n) is 4.61. The third-order valence-corrected chi connectivity index (χ3v) is 4.61. The normalized spacial score (nSPS) is 11.8. The van der Waals surface area contributed by atoms with Crippen molar-refractivity contribution in [1.29, 1.82) is 0 Å². The zero-order valence-corrected chi connectivity index (χ0v) is 15.5. The highest BCUT2D eigenvalue weighted by Crippen LogP contribution is 2.28. The summed E-state index contributed by atoms with van der Waals surface area (Å²) in [5.41, 5.74) is 3.20. The van der Waals surface area contributed by atoms with Gasteiger partial charge in [0, 0.05) is 11.1 Å². The van der Waals surface area contributed by atoms with Gasteiger partial charge in [-0.3, -0.25) is 4.79 Å². The van der Waals surface area contributed by atoms with Crippen LogP contribution in [0.15, 0.2) is 95.5 Å². The molecule has 1 heterocycles. The van der Waals surface area contributed by atoms with Gasteiger partial charge in [-0.15, -0.1) is 0 Å². The Hall–Kier alpha value is -3.66. The molecule has 138 valence electrons. The molecular weight excluding hydrogens is 348 g/mol. The van der Waals surface area contributed by atoms with Crippen molar-refractivity contribution in [2.75, 3.05) is 0 Å². The van der Waals surface area contributed by atoms with E-state index in [1.54, 1.807) is 12.3 Å². The molecule has 0 saturated carbocycles. The molecule has 1 amide bonds. The Morgan fingerprint density at radius 1 is 0.893 bits per heavy atom. The quantitative estimate of drug-likeness (QED) is 0.506.